The predicted octanol–water partition coefficient (Wildman–Crippen LogP) is 1.68. The molecule has 0 aliphatic rings. The van der Waals surface area contributed by atoms with Gasteiger partial charge in [-0.15, -0.1) is 0 Å². The van der Waals surface area contributed by atoms with E-state index in [2.05, 4.69) is 16.8 Å². The van der Waals surface area contributed by atoms with Crippen LogP contribution < -0.4 is 0 Å². The van der Waals surface area contributed by atoms with Crippen molar-refractivity contribution in [2.75, 3.05) is 0 Å². The van der Waals surface area contributed by atoms with E-state index in [4.69, 9.17) is 11.6 Å². The SMILES string of the molecule is O=CCC#Cc1ccnc(Cl)c1. The second-order valence-corrected chi connectivity index (χ2v) is 2.43. The molecule has 0 spiro atoms. The summed E-state index contributed by atoms with van der Waals surface area (Å²) < 4.78 is 0. The summed E-state index contributed by atoms with van der Waals surface area (Å²) in [5.41, 5.74) is 0.775. The van der Waals surface area contributed by atoms with Gasteiger partial charge in [-0.1, -0.05) is 23.4 Å². The van der Waals surface area contributed by atoms with Gasteiger partial charge in [-0.05, 0) is 12.1 Å². The number of hydrogen-bond acceptors (Lipinski definition) is 2. The summed E-state index contributed by atoms with van der Waals surface area (Å²) in [6.07, 6.45) is 2.59. The van der Waals surface area contributed by atoms with Crippen molar-refractivity contribution in [2.24, 2.45) is 0 Å². The number of carbonyl (C=O) groups is 1. The van der Waals surface area contributed by atoms with Gasteiger partial charge in [-0.2, -0.15) is 0 Å². The van der Waals surface area contributed by atoms with Gasteiger partial charge < -0.3 is 4.79 Å². The molecular weight excluding hydrogens is 174 g/mol. The topological polar surface area (TPSA) is 30.0 Å². The van der Waals surface area contributed by atoms with E-state index in [0.29, 0.717) is 5.15 Å². The van der Waals surface area contributed by atoms with Gasteiger partial charge in [-0.3, -0.25) is 0 Å². The van der Waals surface area contributed by atoms with E-state index in [0.717, 1.165) is 11.8 Å². The van der Waals surface area contributed by atoms with Crippen LogP contribution in [0.5, 0.6) is 0 Å². The molecule has 0 atom stereocenters. The van der Waals surface area contributed by atoms with E-state index in [9.17, 15) is 4.79 Å². The van der Waals surface area contributed by atoms with Crippen LogP contribution in [0.4, 0.5) is 0 Å². The first-order valence-corrected chi connectivity index (χ1v) is 3.75. The molecule has 1 rings (SSSR count). The maximum Gasteiger partial charge on any atom is 0.131 e. The number of aromatic nitrogens is 1. The number of nitrogens with zero attached hydrogens (tertiary/aromatic N) is 1. The Kier molecular flexibility index (Phi) is 3.31. The Bertz CT molecular complexity index is 338. The van der Waals surface area contributed by atoms with Crippen LogP contribution in [0.3, 0.4) is 0 Å². The van der Waals surface area contributed by atoms with Crippen LogP contribution in [0.1, 0.15) is 12.0 Å². The zero-order valence-electron chi connectivity index (χ0n) is 6.25. The zero-order chi connectivity index (χ0) is 8.81. The molecule has 60 valence electrons. The second kappa shape index (κ2) is 4.53. The quantitative estimate of drug-likeness (QED) is 0.373. The molecule has 0 N–H and O–H groups in total. The van der Waals surface area contributed by atoms with Crippen molar-refractivity contribution in [1.82, 2.24) is 4.98 Å². The summed E-state index contributed by atoms with van der Waals surface area (Å²) in [6, 6.07) is 3.39. The lowest BCUT2D eigenvalue weighted by Gasteiger charge is -1.88. The van der Waals surface area contributed by atoms with Gasteiger partial charge in [0.05, 0.1) is 6.42 Å². The molecule has 0 saturated carbocycles. The number of carbonyl (C=O) groups excluding carboxylic acids is 1. The highest BCUT2D eigenvalue weighted by molar-refractivity contribution is 6.29. The molecule has 1 aromatic heterocycles. The van der Waals surface area contributed by atoms with E-state index >= 15 is 0 Å². The van der Waals surface area contributed by atoms with Crippen molar-refractivity contribution in [3.8, 4) is 11.8 Å². The summed E-state index contributed by atoms with van der Waals surface area (Å²) in [5, 5.41) is 0.410. The highest BCUT2D eigenvalue weighted by Crippen LogP contribution is 2.04. The molecule has 0 unspecified atom stereocenters. The Morgan fingerprint density at radius 1 is 1.67 bits per heavy atom. The summed E-state index contributed by atoms with van der Waals surface area (Å²) in [5.74, 6) is 5.45. The lowest BCUT2D eigenvalue weighted by molar-refractivity contribution is -0.107. The van der Waals surface area contributed by atoms with E-state index in [1.165, 1.54) is 0 Å². The summed E-state index contributed by atoms with van der Waals surface area (Å²) >= 11 is 5.61. The van der Waals surface area contributed by atoms with Crippen molar-refractivity contribution in [2.45, 2.75) is 6.42 Å². The fourth-order valence-electron chi connectivity index (χ4n) is 0.675. The third kappa shape index (κ3) is 2.73. The molecule has 0 aromatic carbocycles. The minimum Gasteiger partial charge on any atom is -0.302 e. The monoisotopic (exact) mass is 179 g/mol. The second-order valence-electron chi connectivity index (χ2n) is 2.04. The zero-order valence-corrected chi connectivity index (χ0v) is 7.01. The van der Waals surface area contributed by atoms with Gasteiger partial charge in [0.2, 0.25) is 0 Å². The molecule has 12 heavy (non-hydrogen) atoms. The van der Waals surface area contributed by atoms with Crippen LogP contribution in [0.15, 0.2) is 18.3 Å². The molecule has 0 radical (unpaired) electrons. The molecule has 1 aromatic rings. The molecule has 0 aliphatic carbocycles. The Balaban J connectivity index is 2.77. The van der Waals surface area contributed by atoms with Gasteiger partial charge >= 0.3 is 0 Å². The molecule has 0 fully saturated rings. The number of aldehydes is 1. The average molecular weight is 180 g/mol. The lowest BCUT2D eigenvalue weighted by atomic mass is 10.3. The molecule has 2 nitrogen and oxygen atoms in total. The van der Waals surface area contributed by atoms with Gasteiger partial charge in [0, 0.05) is 11.8 Å². The first-order chi connectivity index (χ1) is 5.83. The molecular formula is C9H6ClNO. The predicted molar refractivity (Wildman–Crippen MR) is 46.8 cm³/mol. The Labute approximate surface area is 75.6 Å². The third-order valence-electron chi connectivity index (χ3n) is 1.14. The Morgan fingerprint density at radius 2 is 2.50 bits per heavy atom. The average Bonchev–Trinajstić information content (AvgIpc) is 2.05. The molecule has 0 bridgehead atoms. The highest BCUT2D eigenvalue weighted by atomic mass is 35.5. The van der Waals surface area contributed by atoms with Gasteiger partial charge in [0.1, 0.15) is 11.4 Å². The van der Waals surface area contributed by atoms with Gasteiger partial charge in [0.25, 0.3) is 0 Å². The maximum atomic E-state index is 9.92. The lowest BCUT2D eigenvalue weighted by Crippen LogP contribution is -1.77. The van der Waals surface area contributed by atoms with Crippen LogP contribution >= 0.6 is 11.6 Å². The van der Waals surface area contributed by atoms with Crippen molar-refractivity contribution in [3.63, 3.8) is 0 Å². The largest absolute Gasteiger partial charge is 0.302 e. The van der Waals surface area contributed by atoms with E-state index in [-0.39, 0.29) is 6.42 Å². The first kappa shape index (κ1) is 8.76. The summed E-state index contributed by atoms with van der Waals surface area (Å²) in [6.45, 7) is 0. The van der Waals surface area contributed by atoms with Crippen LogP contribution in [0.2, 0.25) is 5.15 Å². The fraction of sp³-hybridized carbons (Fsp3) is 0.111. The Hall–Kier alpha value is -1.33. The third-order valence-corrected chi connectivity index (χ3v) is 1.35. The molecule has 3 heteroatoms. The normalized spacial score (nSPS) is 8.42. The van der Waals surface area contributed by atoms with Crippen LogP contribution in [-0.2, 0) is 4.79 Å². The minimum absolute atomic E-state index is 0.250. The molecule has 0 aliphatic heterocycles. The smallest absolute Gasteiger partial charge is 0.131 e. The first-order valence-electron chi connectivity index (χ1n) is 3.37. The molecule has 0 saturated heterocycles. The standard InChI is InChI=1S/C9H6ClNO/c10-9-7-8(4-5-11-9)3-1-2-6-12/h4-7H,2H2. The number of pyridine rings is 1. The Morgan fingerprint density at radius 3 is 3.17 bits per heavy atom. The van der Waals surface area contributed by atoms with Crippen LogP contribution in [-0.4, -0.2) is 11.3 Å². The number of halogens is 1. The number of rotatable bonds is 1. The van der Waals surface area contributed by atoms with Crippen molar-refractivity contribution in [3.05, 3.63) is 29.0 Å². The summed E-state index contributed by atoms with van der Waals surface area (Å²) in [4.78, 5) is 13.7. The maximum absolute atomic E-state index is 9.92. The van der Waals surface area contributed by atoms with Crippen LogP contribution in [0.25, 0.3) is 0 Å². The van der Waals surface area contributed by atoms with Crippen molar-refractivity contribution < 1.29 is 4.79 Å². The minimum atomic E-state index is 0.250. The van der Waals surface area contributed by atoms with Gasteiger partial charge in [0.15, 0.2) is 0 Å². The molecule has 0 amide bonds. The van der Waals surface area contributed by atoms with Crippen molar-refractivity contribution >= 4 is 17.9 Å². The summed E-state index contributed by atoms with van der Waals surface area (Å²) in [7, 11) is 0. The van der Waals surface area contributed by atoms with E-state index < -0.39 is 0 Å². The van der Waals surface area contributed by atoms with E-state index in [1.807, 2.05) is 0 Å². The van der Waals surface area contributed by atoms with Crippen molar-refractivity contribution in [1.29, 1.82) is 0 Å². The van der Waals surface area contributed by atoms with E-state index in [1.54, 1.807) is 18.3 Å². The highest BCUT2D eigenvalue weighted by Gasteiger charge is 1.88. The molecule has 1 heterocycles. The van der Waals surface area contributed by atoms with Crippen LogP contribution in [0, 0.1) is 11.8 Å². The number of hydrogen-bond donors (Lipinski definition) is 0. The van der Waals surface area contributed by atoms with Gasteiger partial charge in [-0.25, -0.2) is 4.98 Å². The fourth-order valence-corrected chi connectivity index (χ4v) is 0.849.